The van der Waals surface area contributed by atoms with Gasteiger partial charge in [0.2, 0.25) is 0 Å². The molecule has 15 aromatic rings. The Hall–Kier alpha value is -10.2. The van der Waals surface area contributed by atoms with Crippen molar-refractivity contribution in [3.8, 4) is 78.7 Å². The molecule has 6 nitrogen and oxygen atoms in total. The van der Waals surface area contributed by atoms with Gasteiger partial charge in [-0.05, 0) is 115 Å². The van der Waals surface area contributed by atoms with Crippen LogP contribution in [-0.2, 0) is 5.41 Å². The number of nitrogens with zero attached hydrogens (tertiary/aromatic N) is 3. The van der Waals surface area contributed by atoms with Crippen molar-refractivity contribution in [3.05, 3.63) is 259 Å². The van der Waals surface area contributed by atoms with Gasteiger partial charge >= 0.3 is 0 Å². The molecule has 0 saturated heterocycles. The smallest absolute Gasteiger partial charge is 0.164 e. The number of benzene rings is 11. The highest BCUT2D eigenvalue weighted by atomic mass is 16.3. The number of rotatable bonds is 5. The summed E-state index contributed by atoms with van der Waals surface area (Å²) in [5, 5.41) is 5.80. The molecule has 2 aliphatic rings. The second-order valence-corrected chi connectivity index (χ2v) is 20.1. The van der Waals surface area contributed by atoms with Crippen molar-refractivity contribution < 1.29 is 13.3 Å². The Morgan fingerprint density at radius 3 is 1.08 bits per heavy atom. The number of para-hydroxylation sites is 2. The van der Waals surface area contributed by atoms with Crippen LogP contribution in [0.1, 0.15) is 22.3 Å². The third-order valence-electron chi connectivity index (χ3n) is 16.2. The molecule has 0 amide bonds. The Morgan fingerprint density at radius 1 is 0.237 bits per heavy atom. The van der Waals surface area contributed by atoms with E-state index >= 15 is 0 Å². The van der Waals surface area contributed by atoms with Gasteiger partial charge in [0.05, 0.1) is 5.41 Å². The molecule has 0 bridgehead atoms. The van der Waals surface area contributed by atoms with Crippen LogP contribution in [0.5, 0.6) is 0 Å². The second kappa shape index (κ2) is 15.4. The summed E-state index contributed by atoms with van der Waals surface area (Å²) in [5.41, 5.74) is 22.0. The van der Waals surface area contributed by atoms with E-state index in [4.69, 9.17) is 28.2 Å². The predicted molar refractivity (Wildman–Crippen MR) is 305 cm³/mol. The summed E-state index contributed by atoms with van der Waals surface area (Å²) in [4.78, 5) is 16.1. The fourth-order valence-corrected chi connectivity index (χ4v) is 13.0. The van der Waals surface area contributed by atoms with Crippen molar-refractivity contribution in [1.82, 2.24) is 15.0 Å². The fraction of sp³-hybridized carbons (Fsp3) is 0.0143. The van der Waals surface area contributed by atoms with Crippen LogP contribution in [0.4, 0.5) is 0 Å². The minimum Gasteiger partial charge on any atom is -0.456 e. The predicted octanol–water partition coefficient (Wildman–Crippen LogP) is 18.2. The molecule has 1 spiro atoms. The zero-order valence-electron chi connectivity index (χ0n) is 40.6. The molecule has 4 heterocycles. The average molecular weight is 970 g/mol. The van der Waals surface area contributed by atoms with Crippen molar-refractivity contribution in [1.29, 1.82) is 0 Å². The Morgan fingerprint density at radius 2 is 0.579 bits per heavy atom. The third kappa shape index (κ3) is 5.67. The topological polar surface area (TPSA) is 78.1 Å². The molecule has 0 fully saturated rings. The van der Waals surface area contributed by atoms with Gasteiger partial charge in [-0.2, -0.15) is 0 Å². The fourth-order valence-electron chi connectivity index (χ4n) is 13.0. The zero-order valence-corrected chi connectivity index (χ0v) is 40.6. The normalized spacial score (nSPS) is 13.1. The Bertz CT molecular complexity index is 4780. The first-order valence-electron chi connectivity index (χ1n) is 25.7. The van der Waals surface area contributed by atoms with Crippen LogP contribution in [0, 0.1) is 0 Å². The summed E-state index contributed by atoms with van der Waals surface area (Å²) in [6.07, 6.45) is 0. The van der Waals surface area contributed by atoms with Crippen LogP contribution < -0.4 is 0 Å². The van der Waals surface area contributed by atoms with E-state index in [0.29, 0.717) is 17.5 Å². The maximum absolute atomic E-state index is 6.64. The largest absolute Gasteiger partial charge is 0.456 e. The van der Waals surface area contributed by atoms with Crippen LogP contribution in [0.15, 0.2) is 250 Å². The van der Waals surface area contributed by atoms with Gasteiger partial charge in [0.1, 0.15) is 33.5 Å². The summed E-state index contributed by atoms with van der Waals surface area (Å²) < 4.78 is 19.4. The molecule has 0 N–H and O–H groups in total. The number of furan rings is 3. The van der Waals surface area contributed by atoms with Crippen LogP contribution in [0.2, 0.25) is 0 Å². The quantitative estimate of drug-likeness (QED) is 0.171. The molecular weight excluding hydrogens is 931 g/mol. The van der Waals surface area contributed by atoms with Gasteiger partial charge in [0.25, 0.3) is 0 Å². The Kier molecular flexibility index (Phi) is 8.39. The third-order valence-corrected chi connectivity index (χ3v) is 16.2. The van der Waals surface area contributed by atoms with Crippen LogP contribution in [0.3, 0.4) is 0 Å². The first kappa shape index (κ1) is 41.3. The molecule has 2 aliphatic carbocycles. The van der Waals surface area contributed by atoms with E-state index in [1.54, 1.807) is 0 Å². The molecule has 0 aliphatic heterocycles. The van der Waals surface area contributed by atoms with E-state index in [1.165, 1.54) is 50.1 Å². The van der Waals surface area contributed by atoms with Crippen molar-refractivity contribution in [2.24, 2.45) is 0 Å². The SMILES string of the molecule is c1ccc2c(c1)-c1ccccc1C21c2ccccc2-c2cc(-c3ccc(-c4ccc5oc6cccc(-c7nc(-c8cccc9oc%10ccccc%10c89)nc(-c8cccc9oc%10ccccc%10c89)n7)c6c5c4)cc3)ccc21. The number of hydrogen-bond acceptors (Lipinski definition) is 6. The molecule has 352 valence electrons. The van der Waals surface area contributed by atoms with E-state index in [1.807, 2.05) is 72.8 Å². The van der Waals surface area contributed by atoms with E-state index in [9.17, 15) is 0 Å². The molecule has 11 aromatic carbocycles. The highest BCUT2D eigenvalue weighted by Gasteiger charge is 2.51. The summed E-state index contributed by atoms with van der Waals surface area (Å²) in [5.74, 6) is 1.60. The van der Waals surface area contributed by atoms with E-state index in [-0.39, 0.29) is 5.41 Å². The zero-order chi connectivity index (χ0) is 49.6. The second-order valence-electron chi connectivity index (χ2n) is 20.1. The van der Waals surface area contributed by atoms with Gasteiger partial charge in [-0.3, -0.25) is 0 Å². The van der Waals surface area contributed by atoms with Gasteiger partial charge in [-0.15, -0.1) is 0 Å². The molecule has 17 rings (SSSR count). The summed E-state index contributed by atoms with van der Waals surface area (Å²) in [6.45, 7) is 0. The first-order valence-corrected chi connectivity index (χ1v) is 25.7. The summed E-state index contributed by atoms with van der Waals surface area (Å²) in [7, 11) is 0. The van der Waals surface area contributed by atoms with Gasteiger partial charge in [-0.1, -0.05) is 188 Å². The average Bonchev–Trinajstić information content (AvgIpc) is 4.47. The molecule has 0 radical (unpaired) electrons. The minimum atomic E-state index is -0.361. The molecule has 0 unspecified atom stereocenters. The van der Waals surface area contributed by atoms with Crippen molar-refractivity contribution in [2.45, 2.75) is 5.41 Å². The van der Waals surface area contributed by atoms with Gasteiger partial charge in [-0.25, -0.2) is 15.0 Å². The van der Waals surface area contributed by atoms with Crippen LogP contribution >= 0.6 is 0 Å². The Balaban J connectivity index is 0.796. The van der Waals surface area contributed by atoms with Crippen molar-refractivity contribution >= 4 is 65.8 Å². The summed E-state index contributed by atoms with van der Waals surface area (Å²) >= 11 is 0. The highest BCUT2D eigenvalue weighted by Crippen LogP contribution is 2.63. The number of aromatic nitrogens is 3. The molecule has 4 aromatic heterocycles. The molecule has 0 atom stereocenters. The van der Waals surface area contributed by atoms with E-state index < -0.39 is 0 Å². The lowest BCUT2D eigenvalue weighted by Crippen LogP contribution is -2.25. The lowest BCUT2D eigenvalue weighted by atomic mass is 9.70. The molecular formula is C70H39N3O3. The monoisotopic (exact) mass is 969 g/mol. The molecule has 6 heteroatoms. The van der Waals surface area contributed by atoms with E-state index in [2.05, 4.69) is 164 Å². The molecule has 76 heavy (non-hydrogen) atoms. The lowest BCUT2D eigenvalue weighted by molar-refractivity contribution is 0.668. The van der Waals surface area contributed by atoms with Gasteiger partial charge < -0.3 is 13.3 Å². The first-order chi connectivity index (χ1) is 37.7. The summed E-state index contributed by atoms with van der Waals surface area (Å²) in [6, 6.07) is 83.9. The van der Waals surface area contributed by atoms with Crippen LogP contribution in [0.25, 0.3) is 144 Å². The number of hydrogen-bond donors (Lipinski definition) is 0. The maximum atomic E-state index is 6.64. The number of fused-ring (bicyclic) bond motifs is 19. The van der Waals surface area contributed by atoms with E-state index in [0.717, 1.165) is 99.2 Å². The van der Waals surface area contributed by atoms with Gasteiger partial charge in [0, 0.05) is 49.0 Å². The maximum Gasteiger partial charge on any atom is 0.164 e. The van der Waals surface area contributed by atoms with Crippen molar-refractivity contribution in [3.63, 3.8) is 0 Å². The van der Waals surface area contributed by atoms with Crippen molar-refractivity contribution in [2.75, 3.05) is 0 Å². The van der Waals surface area contributed by atoms with Crippen LogP contribution in [-0.4, -0.2) is 15.0 Å². The highest BCUT2D eigenvalue weighted by molar-refractivity contribution is 6.15. The lowest BCUT2D eigenvalue weighted by Gasteiger charge is -2.30. The Labute approximate surface area is 434 Å². The minimum absolute atomic E-state index is 0.361. The standard InChI is InChI=1S/C70H39N3O3/c1-6-22-54-44(14-1)45-15-2-7-23-55(45)70(54)56-24-8-3-16-46(56)52-38-42(34-36-57(52)70)40-30-32-41(33-31-40)43-35-37-60-53(39-43)66-51(21-13-29-63(66)76-60)69-72-67(49-19-11-27-61-64(49)47-17-4-9-25-58(47)74-61)71-68(73-69)50-20-12-28-62-65(50)48-18-5-10-26-59(48)75-62/h1-39H. The van der Waals surface area contributed by atoms with Gasteiger partial charge in [0.15, 0.2) is 17.5 Å². The molecule has 0 saturated carbocycles.